The maximum atomic E-state index is 13.6. The molecule has 1 N–H and O–H groups in total. The van der Waals surface area contributed by atoms with E-state index in [1.54, 1.807) is 25.5 Å². The van der Waals surface area contributed by atoms with Crippen LogP contribution >= 0.6 is 0 Å². The van der Waals surface area contributed by atoms with Crippen LogP contribution < -0.4 is 5.32 Å². The molecule has 0 saturated heterocycles. The highest BCUT2D eigenvalue weighted by atomic mass is 32.2. The average Bonchev–Trinajstić information content (AvgIpc) is 3.30. The van der Waals surface area contributed by atoms with Crippen molar-refractivity contribution in [3.63, 3.8) is 0 Å². The molecule has 0 spiro atoms. The van der Waals surface area contributed by atoms with Gasteiger partial charge in [-0.05, 0) is 42.3 Å². The lowest BCUT2D eigenvalue weighted by molar-refractivity contribution is 0.0943. The fraction of sp³-hybridized carbons (Fsp3) is 0.250. The fourth-order valence-electron chi connectivity index (χ4n) is 3.41. The number of hydrogen-bond acceptors (Lipinski definition) is 5. The van der Waals surface area contributed by atoms with Crippen LogP contribution in [-0.4, -0.2) is 33.4 Å². The van der Waals surface area contributed by atoms with Crippen LogP contribution in [0.2, 0.25) is 0 Å². The van der Waals surface area contributed by atoms with Crippen LogP contribution in [0.3, 0.4) is 0 Å². The quantitative estimate of drug-likeness (QED) is 0.668. The number of benzene rings is 1. The number of pyridine rings is 1. The van der Waals surface area contributed by atoms with Gasteiger partial charge in [0.15, 0.2) is 5.69 Å². The Morgan fingerprint density at radius 1 is 1.27 bits per heavy atom. The maximum absolute atomic E-state index is 13.6. The van der Waals surface area contributed by atoms with E-state index in [-0.39, 0.29) is 41.7 Å². The Morgan fingerprint density at radius 2 is 2.07 bits per heavy atom. The molecule has 0 aliphatic carbocycles. The Morgan fingerprint density at radius 3 is 2.77 bits per heavy atom. The third kappa shape index (κ3) is 3.59. The SMILES string of the molecule is Cc1cc(S(=O)(=O)N2Cc3c(C(=O)NCc4cccnc4)nn(C)c3C2)ccc1F. The molecule has 0 radical (unpaired) electrons. The molecular weight excluding hydrogens is 409 g/mol. The third-order valence-electron chi connectivity index (χ3n) is 5.09. The molecule has 8 nitrogen and oxygen atoms in total. The number of nitrogens with zero attached hydrogens (tertiary/aromatic N) is 4. The Labute approximate surface area is 173 Å². The highest BCUT2D eigenvalue weighted by Crippen LogP contribution is 2.31. The van der Waals surface area contributed by atoms with Crippen LogP contribution in [0.25, 0.3) is 0 Å². The first-order valence-electron chi connectivity index (χ1n) is 9.25. The van der Waals surface area contributed by atoms with Crippen LogP contribution in [0.1, 0.15) is 32.9 Å². The van der Waals surface area contributed by atoms with Crippen LogP contribution in [0.5, 0.6) is 0 Å². The predicted octanol–water partition coefficient (Wildman–Crippen LogP) is 1.90. The van der Waals surface area contributed by atoms with Crippen molar-refractivity contribution in [1.82, 2.24) is 24.4 Å². The van der Waals surface area contributed by atoms with E-state index in [1.165, 1.54) is 28.0 Å². The molecule has 1 amide bonds. The molecule has 1 aliphatic rings. The Hall–Kier alpha value is -3.11. The first-order valence-corrected chi connectivity index (χ1v) is 10.7. The number of sulfonamides is 1. The summed E-state index contributed by atoms with van der Waals surface area (Å²) in [5.41, 5.74) is 2.52. The average molecular weight is 429 g/mol. The molecule has 0 bridgehead atoms. The normalized spacial score (nSPS) is 14.0. The van der Waals surface area contributed by atoms with Crippen molar-refractivity contribution in [3.8, 4) is 0 Å². The molecule has 1 aromatic carbocycles. The summed E-state index contributed by atoms with van der Waals surface area (Å²) >= 11 is 0. The number of halogens is 1. The molecule has 10 heteroatoms. The second-order valence-electron chi connectivity index (χ2n) is 7.13. The summed E-state index contributed by atoms with van der Waals surface area (Å²) in [7, 11) is -2.17. The molecule has 0 fully saturated rings. The smallest absolute Gasteiger partial charge is 0.272 e. The number of rotatable bonds is 5. The van der Waals surface area contributed by atoms with Crippen molar-refractivity contribution in [1.29, 1.82) is 0 Å². The first kappa shape index (κ1) is 20.2. The van der Waals surface area contributed by atoms with Crippen molar-refractivity contribution in [3.05, 3.63) is 76.6 Å². The molecule has 1 aliphatic heterocycles. The number of hydrogen-bond donors (Lipinski definition) is 1. The summed E-state index contributed by atoms with van der Waals surface area (Å²) < 4.78 is 42.4. The van der Waals surface area contributed by atoms with Gasteiger partial charge in [-0.25, -0.2) is 12.8 Å². The largest absolute Gasteiger partial charge is 0.346 e. The van der Waals surface area contributed by atoms with Gasteiger partial charge in [-0.15, -0.1) is 0 Å². The molecule has 30 heavy (non-hydrogen) atoms. The van der Waals surface area contributed by atoms with Gasteiger partial charge in [0.2, 0.25) is 10.0 Å². The molecule has 0 saturated carbocycles. The summed E-state index contributed by atoms with van der Waals surface area (Å²) in [5, 5.41) is 7.07. The molecule has 0 unspecified atom stereocenters. The number of aromatic nitrogens is 3. The number of nitrogens with one attached hydrogen (secondary N) is 1. The molecule has 3 heterocycles. The fourth-order valence-corrected chi connectivity index (χ4v) is 4.87. The summed E-state index contributed by atoms with van der Waals surface area (Å²) in [4.78, 5) is 16.7. The predicted molar refractivity (Wildman–Crippen MR) is 106 cm³/mol. The highest BCUT2D eigenvalue weighted by molar-refractivity contribution is 7.89. The van der Waals surface area contributed by atoms with E-state index in [0.29, 0.717) is 11.3 Å². The van der Waals surface area contributed by atoms with Crippen molar-refractivity contribution in [2.24, 2.45) is 7.05 Å². The zero-order valence-electron chi connectivity index (χ0n) is 16.5. The van der Waals surface area contributed by atoms with E-state index >= 15 is 0 Å². The number of aryl methyl sites for hydroxylation is 2. The molecule has 156 valence electrons. The van der Waals surface area contributed by atoms with E-state index < -0.39 is 15.8 Å². The van der Waals surface area contributed by atoms with Crippen molar-refractivity contribution in [2.75, 3.05) is 0 Å². The molecule has 3 aromatic rings. The monoisotopic (exact) mass is 429 g/mol. The Balaban J connectivity index is 1.55. The third-order valence-corrected chi connectivity index (χ3v) is 6.88. The number of carbonyl (C=O) groups excluding carboxylic acids is 1. The Kier molecular flexibility index (Phi) is 5.12. The number of amides is 1. The standard InChI is InChI=1S/C20H20FN5O3S/c1-13-8-15(5-6-17(13)21)30(28,29)26-11-16-18(12-26)25(2)24-19(16)20(27)23-10-14-4-3-7-22-9-14/h3-9H,10-12H2,1-2H3,(H,23,27). The minimum Gasteiger partial charge on any atom is -0.346 e. The molecule has 2 aromatic heterocycles. The summed E-state index contributed by atoms with van der Waals surface area (Å²) in [6.07, 6.45) is 3.30. The van der Waals surface area contributed by atoms with E-state index in [0.717, 1.165) is 11.6 Å². The van der Waals surface area contributed by atoms with Crippen molar-refractivity contribution in [2.45, 2.75) is 31.5 Å². The van der Waals surface area contributed by atoms with Gasteiger partial charge in [0.25, 0.3) is 5.91 Å². The second kappa shape index (κ2) is 7.62. The van der Waals surface area contributed by atoms with Gasteiger partial charge >= 0.3 is 0 Å². The van der Waals surface area contributed by atoms with Gasteiger partial charge in [0.05, 0.1) is 17.1 Å². The zero-order valence-corrected chi connectivity index (χ0v) is 17.3. The lowest BCUT2D eigenvalue weighted by Gasteiger charge is -2.17. The van der Waals surface area contributed by atoms with E-state index in [1.807, 2.05) is 6.07 Å². The van der Waals surface area contributed by atoms with Crippen LogP contribution in [0, 0.1) is 12.7 Å². The number of fused-ring (bicyclic) bond motifs is 1. The summed E-state index contributed by atoms with van der Waals surface area (Å²) in [6.45, 7) is 1.92. The van der Waals surface area contributed by atoms with Crippen LogP contribution in [-0.2, 0) is 36.7 Å². The van der Waals surface area contributed by atoms with E-state index in [9.17, 15) is 17.6 Å². The lowest BCUT2D eigenvalue weighted by Crippen LogP contribution is -2.28. The van der Waals surface area contributed by atoms with Gasteiger partial charge in [-0.1, -0.05) is 6.07 Å². The minimum absolute atomic E-state index is 0.0183. The molecular formula is C20H20FN5O3S. The minimum atomic E-state index is -3.84. The van der Waals surface area contributed by atoms with E-state index in [4.69, 9.17) is 0 Å². The zero-order chi connectivity index (χ0) is 21.5. The highest BCUT2D eigenvalue weighted by Gasteiger charge is 2.36. The van der Waals surface area contributed by atoms with Crippen LogP contribution in [0.15, 0.2) is 47.6 Å². The maximum Gasteiger partial charge on any atom is 0.272 e. The summed E-state index contributed by atoms with van der Waals surface area (Å²) in [5.74, 6) is -0.844. The summed E-state index contributed by atoms with van der Waals surface area (Å²) in [6, 6.07) is 7.33. The molecule has 0 atom stereocenters. The van der Waals surface area contributed by atoms with Crippen molar-refractivity contribution >= 4 is 15.9 Å². The second-order valence-corrected chi connectivity index (χ2v) is 9.06. The lowest BCUT2D eigenvalue weighted by atomic mass is 10.2. The topological polar surface area (TPSA) is 97.2 Å². The van der Waals surface area contributed by atoms with Gasteiger partial charge in [-0.2, -0.15) is 9.40 Å². The van der Waals surface area contributed by atoms with Crippen molar-refractivity contribution < 1.29 is 17.6 Å². The number of carbonyl (C=O) groups is 1. The first-order chi connectivity index (χ1) is 14.3. The van der Waals surface area contributed by atoms with Gasteiger partial charge in [0, 0.05) is 38.1 Å². The Bertz CT molecular complexity index is 1220. The van der Waals surface area contributed by atoms with Crippen LogP contribution in [0.4, 0.5) is 4.39 Å². The molecule has 4 rings (SSSR count). The van der Waals surface area contributed by atoms with Gasteiger partial charge < -0.3 is 5.32 Å². The van der Waals surface area contributed by atoms with Gasteiger partial charge in [0.1, 0.15) is 5.82 Å². The van der Waals surface area contributed by atoms with E-state index in [2.05, 4.69) is 15.4 Å². The van der Waals surface area contributed by atoms with Gasteiger partial charge in [-0.3, -0.25) is 14.5 Å².